The quantitative estimate of drug-likeness (QED) is 0.0361. The third-order valence-corrected chi connectivity index (χ3v) is 6.21. The zero-order valence-corrected chi connectivity index (χ0v) is 25.6. The highest BCUT2D eigenvalue weighted by Crippen LogP contribution is 2.24. The van der Waals surface area contributed by atoms with Crippen molar-refractivity contribution >= 4 is 35.2 Å². The van der Waals surface area contributed by atoms with Crippen LogP contribution in [0, 0.1) is 12.1 Å². The number of nitrogens with two attached hydrogens (primary N) is 4. The molecule has 3 aromatic carbocycles. The van der Waals surface area contributed by atoms with E-state index in [-0.39, 0.29) is 11.9 Å². The molecule has 0 amide bonds. The Balaban J connectivity index is 1.52. The molecule has 0 saturated carbocycles. The Morgan fingerprint density at radius 1 is 0.543 bits per heavy atom. The van der Waals surface area contributed by atoms with Crippen molar-refractivity contribution in [2.75, 3.05) is 52.7 Å². The number of benzene rings is 3. The average molecular weight is 625 g/mol. The van der Waals surface area contributed by atoms with Crippen molar-refractivity contribution in [3.05, 3.63) is 95.1 Å². The lowest BCUT2D eigenvalue weighted by molar-refractivity contribution is -0.0902. The molecule has 0 aromatic heterocycles. The summed E-state index contributed by atoms with van der Waals surface area (Å²) < 4.78 is 22.3. The summed E-state index contributed by atoms with van der Waals surface area (Å²) in [7, 11) is 0. The molecule has 12 nitrogen and oxygen atoms in total. The van der Waals surface area contributed by atoms with Gasteiger partial charge in [-0.25, -0.2) is 0 Å². The van der Waals surface area contributed by atoms with E-state index in [0.29, 0.717) is 75.4 Å². The van der Waals surface area contributed by atoms with Gasteiger partial charge >= 0.3 is 12.1 Å². The van der Waals surface area contributed by atoms with E-state index in [2.05, 4.69) is 22.1 Å². The van der Waals surface area contributed by atoms with Crippen LogP contribution in [0.2, 0.25) is 0 Å². The van der Waals surface area contributed by atoms with Gasteiger partial charge in [0.15, 0.2) is 11.9 Å². The molecule has 0 unspecified atom stereocenters. The van der Waals surface area contributed by atoms with E-state index in [1.54, 1.807) is 0 Å². The number of nitrogens with zero attached hydrogens (tertiary/aromatic N) is 2. The fraction of sp³-hybridized carbons (Fsp3) is 0.235. The maximum absolute atomic E-state index is 7.84. The number of hydrogen-bond donors (Lipinski definition) is 6. The molecule has 0 spiro atoms. The van der Waals surface area contributed by atoms with Crippen LogP contribution < -0.4 is 42.9 Å². The molecular weight excluding hydrogens is 584 g/mol. The Morgan fingerprint density at radius 2 is 0.913 bits per heavy atom. The highest BCUT2D eigenvalue weighted by atomic mass is 16.5. The van der Waals surface area contributed by atoms with E-state index < -0.39 is 0 Å². The molecule has 10 N–H and O–H groups in total. The van der Waals surface area contributed by atoms with Gasteiger partial charge in [0.1, 0.15) is 35.9 Å². The maximum Gasteiger partial charge on any atom is 0.309 e. The van der Waals surface area contributed by atoms with Gasteiger partial charge in [0.05, 0.1) is 39.5 Å². The Morgan fingerprint density at radius 3 is 1.24 bits per heavy atom. The standard InChI is InChI=1S/C34H38N8O4/c35-23-29(21-25-1-9-31(10-2-25)45-19-17-43-15-13-41-33(37)38)27-5-7-28(8-6-27)30(24-36)22-26-3-11-32(12-4-26)46-20-18-44-16-14-42-34(39)40/h1-12,21-22H,13-20H2,(H4,37,38,41)(H4,39,40,42)/p+2/b29-21+,30-22+. The number of nitrogens with one attached hydrogen (secondary N) is 2. The first-order valence-electron chi connectivity index (χ1n) is 14.5. The van der Waals surface area contributed by atoms with Crippen molar-refractivity contribution in [2.24, 2.45) is 32.9 Å². The molecule has 12 heteroatoms. The summed E-state index contributed by atoms with van der Waals surface area (Å²) >= 11 is 0. The Kier molecular flexibility index (Phi) is 14.7. The van der Waals surface area contributed by atoms with Crippen LogP contribution >= 0.6 is 0 Å². The largest absolute Gasteiger partial charge is 0.491 e. The van der Waals surface area contributed by atoms with E-state index in [1.165, 1.54) is 0 Å². The molecule has 0 bridgehead atoms. The molecule has 3 aromatic rings. The molecule has 0 heterocycles. The van der Waals surface area contributed by atoms with Gasteiger partial charge in [-0.2, -0.15) is 0 Å². The number of rotatable bonds is 18. The molecule has 0 aliphatic carbocycles. The molecule has 238 valence electrons. The minimum Gasteiger partial charge on any atom is -0.491 e. The van der Waals surface area contributed by atoms with Crippen molar-refractivity contribution in [3.63, 3.8) is 0 Å². The summed E-state index contributed by atoms with van der Waals surface area (Å²) in [6.07, 6.45) is 3.75. The molecule has 0 radical (unpaired) electrons. The average Bonchev–Trinajstić information content (AvgIpc) is 3.06. The lowest BCUT2D eigenvalue weighted by Crippen LogP contribution is -2.23. The number of aliphatic imine (C=N–C) groups is 2. The minimum atomic E-state index is 0.0427. The summed E-state index contributed by atoms with van der Waals surface area (Å²) in [6.45, 7) is 3.27. The fourth-order valence-electron chi connectivity index (χ4n) is 3.99. The zero-order valence-electron chi connectivity index (χ0n) is 25.6. The smallest absolute Gasteiger partial charge is 0.309 e. The second-order valence-electron chi connectivity index (χ2n) is 9.62. The highest BCUT2D eigenvalue weighted by Gasteiger charge is 2.09. The Bertz CT molecular complexity index is 1460. The van der Waals surface area contributed by atoms with Crippen molar-refractivity contribution in [1.82, 2.24) is 0 Å². The van der Waals surface area contributed by atoms with Crippen LogP contribution in [0.15, 0.2) is 82.8 Å². The Labute approximate surface area is 268 Å². The topological polar surface area (TPSA) is 213 Å². The van der Waals surface area contributed by atoms with E-state index in [9.17, 15) is 0 Å². The van der Waals surface area contributed by atoms with Gasteiger partial charge in [0.2, 0.25) is 0 Å². The molecule has 0 fully saturated rings. The summed E-state index contributed by atoms with van der Waals surface area (Å²) in [5.41, 5.74) is 25.8. The minimum absolute atomic E-state index is 0.0427. The zero-order chi connectivity index (χ0) is 33.0. The molecule has 0 aliphatic heterocycles. The summed E-state index contributed by atoms with van der Waals surface area (Å²) in [6, 6.07) is 27.7. The second-order valence-corrected chi connectivity index (χ2v) is 9.62. The predicted molar refractivity (Wildman–Crippen MR) is 179 cm³/mol. The third-order valence-electron chi connectivity index (χ3n) is 6.21. The fourth-order valence-corrected chi connectivity index (χ4v) is 3.99. The Hall–Kier alpha value is -5.82. The number of allylic oxidation sites excluding steroid dienone is 2. The van der Waals surface area contributed by atoms with E-state index in [0.717, 1.165) is 22.3 Å². The van der Waals surface area contributed by atoms with E-state index >= 15 is 0 Å². The summed E-state index contributed by atoms with van der Waals surface area (Å²) in [5, 5.41) is 15.7. The molecule has 0 atom stereocenters. The normalized spacial score (nSPS) is 11.2. The summed E-state index contributed by atoms with van der Waals surface area (Å²) in [5.74, 6) is 1.50. The van der Waals surface area contributed by atoms with Crippen LogP contribution in [-0.4, -0.2) is 64.6 Å². The highest BCUT2D eigenvalue weighted by molar-refractivity contribution is 5.92. The van der Waals surface area contributed by atoms with Crippen molar-refractivity contribution < 1.29 is 29.5 Å². The molecule has 46 heavy (non-hydrogen) atoms. The van der Waals surface area contributed by atoms with E-state index in [4.69, 9.17) is 52.4 Å². The van der Waals surface area contributed by atoms with Gasteiger partial charge in [-0.3, -0.25) is 9.98 Å². The van der Waals surface area contributed by atoms with Gasteiger partial charge < -0.3 is 41.9 Å². The maximum atomic E-state index is 7.84. The number of ether oxygens (including phenoxy) is 4. The van der Waals surface area contributed by atoms with Crippen molar-refractivity contribution in [3.8, 4) is 23.6 Å². The first kappa shape index (κ1) is 34.7. The van der Waals surface area contributed by atoms with Crippen LogP contribution in [0.1, 0.15) is 22.3 Å². The van der Waals surface area contributed by atoms with E-state index in [1.807, 2.05) is 84.9 Å². The van der Waals surface area contributed by atoms with Crippen LogP contribution in [-0.2, 0) is 9.47 Å². The van der Waals surface area contributed by atoms with Gasteiger partial charge in [-0.1, -0.05) is 59.1 Å². The lowest BCUT2D eigenvalue weighted by atomic mass is 9.99. The number of hydrogen-bond acceptors (Lipinski definition) is 6. The predicted octanol–water partition coefficient (Wildman–Crippen LogP) is -0.349. The van der Waals surface area contributed by atoms with Gasteiger partial charge in [0, 0.05) is 0 Å². The number of guanidine groups is 2. The van der Waals surface area contributed by atoms with Crippen molar-refractivity contribution in [2.45, 2.75) is 0 Å². The SMILES string of the molecule is [NH+]#C/C(=C\c1ccc(OCCOCCN=C(N)N)cc1)c1ccc(/C(C#[NH+])=C/c2ccc(OCCOCCN=C(N)N)cc2)cc1. The molecule has 3 rings (SSSR count). The first-order valence-corrected chi connectivity index (χ1v) is 14.5. The summed E-state index contributed by atoms with van der Waals surface area (Å²) in [4.78, 5) is 7.70. The third kappa shape index (κ3) is 12.8. The molecule has 0 saturated heterocycles. The molecular formula is C34H40N8O4+2. The van der Waals surface area contributed by atoms with Crippen LogP contribution in [0.25, 0.3) is 23.3 Å². The van der Waals surface area contributed by atoms with Gasteiger partial charge in [-0.05, 0) is 58.7 Å². The van der Waals surface area contributed by atoms with Crippen LogP contribution in [0.4, 0.5) is 0 Å². The van der Waals surface area contributed by atoms with Crippen LogP contribution in [0.5, 0.6) is 11.5 Å². The van der Waals surface area contributed by atoms with Gasteiger partial charge in [0.25, 0.3) is 0 Å². The monoisotopic (exact) mass is 624 g/mol. The first-order chi connectivity index (χ1) is 22.4. The van der Waals surface area contributed by atoms with Gasteiger partial charge in [-0.15, -0.1) is 0 Å². The molecule has 0 aliphatic rings. The lowest BCUT2D eigenvalue weighted by Gasteiger charge is -2.07. The van der Waals surface area contributed by atoms with Crippen molar-refractivity contribution in [1.29, 1.82) is 0 Å². The second kappa shape index (κ2) is 19.5. The van der Waals surface area contributed by atoms with Crippen LogP contribution in [0.3, 0.4) is 0 Å².